The summed E-state index contributed by atoms with van der Waals surface area (Å²) in [7, 11) is 1.58. The maximum Gasteiger partial charge on any atom is 0.308 e. The second-order valence-corrected chi connectivity index (χ2v) is 6.35. The van der Waals surface area contributed by atoms with Crippen molar-refractivity contribution in [1.82, 2.24) is 4.90 Å². The lowest BCUT2D eigenvalue weighted by Gasteiger charge is -2.18. The van der Waals surface area contributed by atoms with Crippen LogP contribution in [-0.2, 0) is 4.79 Å². The molecule has 2 aromatic carbocycles. The molecule has 2 aromatic rings. The van der Waals surface area contributed by atoms with Gasteiger partial charge in [-0.2, -0.15) is 0 Å². The normalized spacial score (nSPS) is 19.7. The third-order valence-corrected chi connectivity index (χ3v) is 4.82. The van der Waals surface area contributed by atoms with Gasteiger partial charge in [-0.1, -0.05) is 30.3 Å². The highest BCUT2D eigenvalue weighted by Gasteiger charge is 2.40. The van der Waals surface area contributed by atoms with Gasteiger partial charge < -0.3 is 14.7 Å². The molecule has 5 heteroatoms. The van der Waals surface area contributed by atoms with Crippen molar-refractivity contribution >= 4 is 11.9 Å². The minimum Gasteiger partial charge on any atom is -0.497 e. The van der Waals surface area contributed by atoms with Crippen molar-refractivity contribution in [3.8, 4) is 5.75 Å². The van der Waals surface area contributed by atoms with Gasteiger partial charge in [0.15, 0.2) is 0 Å². The zero-order chi connectivity index (χ0) is 18.0. The number of benzene rings is 2. The summed E-state index contributed by atoms with van der Waals surface area (Å²) < 4.78 is 5.18. The first-order valence-electron chi connectivity index (χ1n) is 8.23. The lowest BCUT2D eigenvalue weighted by atomic mass is 9.89. The van der Waals surface area contributed by atoms with Crippen LogP contribution in [0.5, 0.6) is 5.75 Å². The van der Waals surface area contributed by atoms with Crippen molar-refractivity contribution in [2.24, 2.45) is 5.92 Å². The van der Waals surface area contributed by atoms with Crippen LogP contribution in [0.15, 0.2) is 48.5 Å². The molecule has 1 saturated heterocycles. The number of carbonyl (C=O) groups is 2. The van der Waals surface area contributed by atoms with Crippen molar-refractivity contribution in [3.05, 3.63) is 65.2 Å². The molecule has 5 nitrogen and oxygen atoms in total. The molecule has 2 atom stereocenters. The Morgan fingerprint density at radius 3 is 2.44 bits per heavy atom. The van der Waals surface area contributed by atoms with Crippen molar-refractivity contribution in [3.63, 3.8) is 0 Å². The maximum absolute atomic E-state index is 12.9. The Kier molecular flexibility index (Phi) is 4.74. The summed E-state index contributed by atoms with van der Waals surface area (Å²) in [6.07, 6.45) is 0. The standard InChI is InChI=1S/C20H21NO4/c1-13-10-15(25-2)8-9-16(13)19(22)21-11-17(18(12-21)20(23)24)14-6-4-3-5-7-14/h3-10,17-18H,11-12H2,1-2H3,(H,23,24)/t17-,18+/m1/s1. The van der Waals surface area contributed by atoms with Gasteiger partial charge in [-0.15, -0.1) is 0 Å². The topological polar surface area (TPSA) is 66.8 Å². The second kappa shape index (κ2) is 6.97. The van der Waals surface area contributed by atoms with Crippen LogP contribution in [0.4, 0.5) is 0 Å². The molecule has 0 radical (unpaired) electrons. The van der Waals surface area contributed by atoms with Gasteiger partial charge in [0.05, 0.1) is 13.0 Å². The fraction of sp³-hybridized carbons (Fsp3) is 0.300. The molecule has 1 aliphatic heterocycles. The first-order chi connectivity index (χ1) is 12.0. The van der Waals surface area contributed by atoms with E-state index in [1.54, 1.807) is 24.1 Å². The van der Waals surface area contributed by atoms with E-state index in [4.69, 9.17) is 4.74 Å². The number of hydrogen-bond donors (Lipinski definition) is 1. The first kappa shape index (κ1) is 17.0. The molecule has 1 amide bonds. The Labute approximate surface area is 146 Å². The van der Waals surface area contributed by atoms with Crippen molar-refractivity contribution in [2.75, 3.05) is 20.2 Å². The molecule has 3 rings (SSSR count). The summed E-state index contributed by atoms with van der Waals surface area (Å²) in [6.45, 7) is 2.49. The van der Waals surface area contributed by atoms with Gasteiger partial charge in [-0.3, -0.25) is 9.59 Å². The van der Waals surface area contributed by atoms with Crippen molar-refractivity contribution in [2.45, 2.75) is 12.8 Å². The molecule has 25 heavy (non-hydrogen) atoms. The first-order valence-corrected chi connectivity index (χ1v) is 8.23. The van der Waals surface area contributed by atoms with E-state index in [-0.39, 0.29) is 18.4 Å². The van der Waals surface area contributed by atoms with Crippen LogP contribution in [0.25, 0.3) is 0 Å². The SMILES string of the molecule is COc1ccc(C(=O)N2C[C@H](C(=O)O)[C@@H](c3ccccc3)C2)c(C)c1. The quantitative estimate of drug-likeness (QED) is 0.930. The Hall–Kier alpha value is -2.82. The van der Waals surface area contributed by atoms with E-state index in [0.29, 0.717) is 17.9 Å². The van der Waals surface area contributed by atoms with Crippen LogP contribution in [0.2, 0.25) is 0 Å². The number of methoxy groups -OCH3 is 1. The van der Waals surface area contributed by atoms with Crippen LogP contribution in [0.3, 0.4) is 0 Å². The van der Waals surface area contributed by atoms with Crippen LogP contribution >= 0.6 is 0 Å². The molecule has 0 unspecified atom stereocenters. The Morgan fingerprint density at radius 1 is 1.12 bits per heavy atom. The monoisotopic (exact) mass is 339 g/mol. The highest BCUT2D eigenvalue weighted by molar-refractivity contribution is 5.96. The zero-order valence-electron chi connectivity index (χ0n) is 14.3. The number of amides is 1. The van der Waals surface area contributed by atoms with E-state index in [0.717, 1.165) is 11.1 Å². The summed E-state index contributed by atoms with van der Waals surface area (Å²) in [5.74, 6) is -1.09. The Bertz CT molecular complexity index is 788. The molecule has 130 valence electrons. The number of aryl methyl sites for hydroxylation is 1. The predicted octanol–water partition coefficient (Wildman–Crippen LogP) is 2.94. The molecular formula is C20H21NO4. The Balaban J connectivity index is 1.86. The van der Waals surface area contributed by atoms with Gasteiger partial charge in [0.2, 0.25) is 0 Å². The molecule has 0 aromatic heterocycles. The van der Waals surface area contributed by atoms with Crippen LogP contribution < -0.4 is 4.74 Å². The fourth-order valence-corrected chi connectivity index (χ4v) is 3.43. The largest absolute Gasteiger partial charge is 0.497 e. The number of rotatable bonds is 4. The summed E-state index contributed by atoms with van der Waals surface area (Å²) >= 11 is 0. The lowest BCUT2D eigenvalue weighted by Crippen LogP contribution is -2.30. The second-order valence-electron chi connectivity index (χ2n) is 6.35. The minimum atomic E-state index is -0.865. The summed E-state index contributed by atoms with van der Waals surface area (Å²) in [6, 6.07) is 14.8. The van der Waals surface area contributed by atoms with E-state index in [1.165, 1.54) is 0 Å². The summed E-state index contributed by atoms with van der Waals surface area (Å²) in [5, 5.41) is 9.58. The van der Waals surface area contributed by atoms with Gasteiger partial charge in [0, 0.05) is 24.6 Å². The molecule has 0 spiro atoms. The number of carbonyl (C=O) groups excluding carboxylic acids is 1. The van der Waals surface area contributed by atoms with Crippen LogP contribution in [-0.4, -0.2) is 42.1 Å². The fourth-order valence-electron chi connectivity index (χ4n) is 3.43. The smallest absolute Gasteiger partial charge is 0.308 e. The molecule has 0 bridgehead atoms. The maximum atomic E-state index is 12.9. The van der Waals surface area contributed by atoms with E-state index < -0.39 is 11.9 Å². The Morgan fingerprint density at radius 2 is 1.84 bits per heavy atom. The molecule has 1 N–H and O–H groups in total. The average Bonchev–Trinajstić information content (AvgIpc) is 3.07. The molecule has 0 saturated carbocycles. The van der Waals surface area contributed by atoms with Gasteiger partial charge in [-0.05, 0) is 36.2 Å². The van der Waals surface area contributed by atoms with Crippen molar-refractivity contribution < 1.29 is 19.4 Å². The number of ether oxygens (including phenoxy) is 1. The highest BCUT2D eigenvalue weighted by atomic mass is 16.5. The average molecular weight is 339 g/mol. The third-order valence-electron chi connectivity index (χ3n) is 4.82. The lowest BCUT2D eigenvalue weighted by molar-refractivity contribution is -0.141. The van der Waals surface area contributed by atoms with Crippen LogP contribution in [0, 0.1) is 12.8 Å². The number of carboxylic acids is 1. The number of likely N-dealkylation sites (tertiary alicyclic amines) is 1. The number of carboxylic acid groups (broad SMARTS) is 1. The number of nitrogens with zero attached hydrogens (tertiary/aromatic N) is 1. The van der Waals surface area contributed by atoms with Crippen molar-refractivity contribution in [1.29, 1.82) is 0 Å². The van der Waals surface area contributed by atoms with Gasteiger partial charge in [0.1, 0.15) is 5.75 Å². The van der Waals surface area contributed by atoms with E-state index in [9.17, 15) is 14.7 Å². The van der Waals surface area contributed by atoms with E-state index >= 15 is 0 Å². The third kappa shape index (κ3) is 3.36. The molecule has 0 aliphatic carbocycles. The summed E-state index contributed by atoms with van der Waals surface area (Å²) in [5.41, 5.74) is 2.36. The zero-order valence-corrected chi connectivity index (χ0v) is 14.3. The van der Waals surface area contributed by atoms with E-state index in [1.807, 2.05) is 43.3 Å². The van der Waals surface area contributed by atoms with Crippen LogP contribution in [0.1, 0.15) is 27.4 Å². The molecular weight excluding hydrogens is 318 g/mol. The molecule has 1 fully saturated rings. The summed E-state index contributed by atoms with van der Waals surface area (Å²) in [4.78, 5) is 26.2. The predicted molar refractivity (Wildman–Crippen MR) is 93.9 cm³/mol. The highest BCUT2D eigenvalue weighted by Crippen LogP contribution is 2.34. The van der Waals surface area contributed by atoms with E-state index in [2.05, 4.69) is 0 Å². The van der Waals surface area contributed by atoms with Gasteiger partial charge >= 0.3 is 5.97 Å². The van der Waals surface area contributed by atoms with Gasteiger partial charge in [0.25, 0.3) is 5.91 Å². The van der Waals surface area contributed by atoms with Gasteiger partial charge in [-0.25, -0.2) is 0 Å². The minimum absolute atomic E-state index is 0.134. The molecule has 1 heterocycles. The molecule has 1 aliphatic rings. The number of aliphatic carboxylic acids is 1. The number of hydrogen-bond acceptors (Lipinski definition) is 3.